The second-order valence-electron chi connectivity index (χ2n) is 4.64. The molecule has 0 bridgehead atoms. The molecule has 0 radical (unpaired) electrons. The average molecular weight is 140 g/mol. The highest BCUT2D eigenvalue weighted by molar-refractivity contribution is 5.91. The summed E-state index contributed by atoms with van der Waals surface area (Å²) in [5.74, 6) is 0.431. The van der Waals surface area contributed by atoms with Crippen molar-refractivity contribution in [1.82, 2.24) is 0 Å². The number of Topliss-reactive ketones (excluding diaryl/α,β-unsaturated/α-hetero) is 1. The van der Waals surface area contributed by atoms with Gasteiger partial charge in [0.25, 0.3) is 0 Å². The van der Waals surface area contributed by atoms with E-state index in [9.17, 15) is 4.79 Å². The van der Waals surface area contributed by atoms with E-state index >= 15 is 0 Å². The smallest absolute Gasteiger partial charge is 0.144 e. The standard InChI is InChI=1S/C9H16O/c1-8(2,3)7(10)9(4)5-6-9/h5-6H2,1-4H3. The van der Waals surface area contributed by atoms with Gasteiger partial charge in [-0.25, -0.2) is 0 Å². The van der Waals surface area contributed by atoms with Gasteiger partial charge < -0.3 is 0 Å². The van der Waals surface area contributed by atoms with Crippen molar-refractivity contribution in [2.24, 2.45) is 10.8 Å². The fourth-order valence-corrected chi connectivity index (χ4v) is 1.32. The number of carbonyl (C=O) groups is 1. The molecule has 1 fully saturated rings. The monoisotopic (exact) mass is 140 g/mol. The molecule has 0 amide bonds. The van der Waals surface area contributed by atoms with Crippen molar-refractivity contribution in [1.29, 1.82) is 0 Å². The topological polar surface area (TPSA) is 17.1 Å². The summed E-state index contributed by atoms with van der Waals surface area (Å²) in [5.41, 5.74) is -0.0799. The Morgan fingerprint density at radius 3 is 1.80 bits per heavy atom. The molecule has 0 saturated heterocycles. The molecule has 58 valence electrons. The van der Waals surface area contributed by atoms with E-state index in [0.29, 0.717) is 5.78 Å². The van der Waals surface area contributed by atoms with Crippen LogP contribution < -0.4 is 0 Å². The lowest BCUT2D eigenvalue weighted by atomic mass is 9.82. The summed E-state index contributed by atoms with van der Waals surface area (Å²) in [6.45, 7) is 8.07. The molecule has 1 aliphatic rings. The first kappa shape index (κ1) is 7.77. The van der Waals surface area contributed by atoms with Crippen molar-refractivity contribution >= 4 is 5.78 Å². The molecule has 0 heterocycles. The molecule has 0 spiro atoms. The number of ketones is 1. The molecule has 1 saturated carbocycles. The SMILES string of the molecule is CC(C)(C)C(=O)C1(C)CC1. The van der Waals surface area contributed by atoms with Crippen LogP contribution in [0.2, 0.25) is 0 Å². The van der Waals surface area contributed by atoms with Crippen molar-refractivity contribution in [3.8, 4) is 0 Å². The minimum absolute atomic E-state index is 0.0538. The minimum Gasteiger partial charge on any atom is -0.299 e. The number of rotatable bonds is 1. The van der Waals surface area contributed by atoms with Crippen molar-refractivity contribution in [2.75, 3.05) is 0 Å². The third kappa shape index (κ3) is 1.23. The van der Waals surface area contributed by atoms with E-state index in [1.54, 1.807) is 0 Å². The highest BCUT2D eigenvalue weighted by atomic mass is 16.1. The predicted octanol–water partition coefficient (Wildman–Crippen LogP) is 2.40. The molecule has 0 aliphatic heterocycles. The van der Waals surface area contributed by atoms with Gasteiger partial charge in [-0.05, 0) is 12.8 Å². The van der Waals surface area contributed by atoms with Crippen molar-refractivity contribution in [3.63, 3.8) is 0 Å². The van der Waals surface area contributed by atoms with Gasteiger partial charge in [0.1, 0.15) is 5.78 Å². The Morgan fingerprint density at radius 1 is 1.30 bits per heavy atom. The molecule has 1 heteroatoms. The minimum atomic E-state index is -0.134. The zero-order valence-electron chi connectivity index (χ0n) is 7.32. The summed E-state index contributed by atoms with van der Waals surface area (Å²) in [6.07, 6.45) is 2.20. The summed E-state index contributed by atoms with van der Waals surface area (Å²) in [4.78, 5) is 11.5. The van der Waals surface area contributed by atoms with E-state index in [1.807, 2.05) is 20.8 Å². The normalized spacial score (nSPS) is 22.4. The zero-order chi connectivity index (χ0) is 7.99. The molecule has 1 rings (SSSR count). The predicted molar refractivity (Wildman–Crippen MR) is 41.8 cm³/mol. The van der Waals surface area contributed by atoms with Crippen LogP contribution in [0.3, 0.4) is 0 Å². The Balaban J connectivity index is 2.67. The Kier molecular flexibility index (Phi) is 1.43. The van der Waals surface area contributed by atoms with Gasteiger partial charge in [0, 0.05) is 10.8 Å². The Bertz CT molecular complexity index is 151. The van der Waals surface area contributed by atoms with Crippen molar-refractivity contribution in [3.05, 3.63) is 0 Å². The Morgan fingerprint density at radius 2 is 1.70 bits per heavy atom. The lowest BCUT2D eigenvalue weighted by Crippen LogP contribution is -2.27. The summed E-state index contributed by atoms with van der Waals surface area (Å²) in [6, 6.07) is 0. The fraction of sp³-hybridized carbons (Fsp3) is 0.889. The molecule has 0 aromatic heterocycles. The molecule has 1 aliphatic carbocycles. The first-order chi connectivity index (χ1) is 4.36. The van der Waals surface area contributed by atoms with E-state index < -0.39 is 0 Å². The van der Waals surface area contributed by atoms with Gasteiger partial charge in [0.05, 0.1) is 0 Å². The lowest BCUT2D eigenvalue weighted by molar-refractivity contribution is -0.131. The van der Waals surface area contributed by atoms with Gasteiger partial charge in [0.15, 0.2) is 0 Å². The van der Waals surface area contributed by atoms with Crippen LogP contribution in [0.25, 0.3) is 0 Å². The van der Waals surface area contributed by atoms with Crippen LogP contribution in [0, 0.1) is 10.8 Å². The van der Waals surface area contributed by atoms with Crippen molar-refractivity contribution in [2.45, 2.75) is 40.5 Å². The van der Waals surface area contributed by atoms with Gasteiger partial charge in [-0.2, -0.15) is 0 Å². The molecule has 0 aromatic carbocycles. The highest BCUT2D eigenvalue weighted by Crippen LogP contribution is 2.49. The van der Waals surface area contributed by atoms with Crippen molar-refractivity contribution < 1.29 is 4.79 Å². The third-order valence-electron chi connectivity index (χ3n) is 2.23. The molecule has 0 unspecified atom stereocenters. The van der Waals surface area contributed by atoms with Gasteiger partial charge in [-0.3, -0.25) is 4.79 Å². The maximum absolute atomic E-state index is 11.5. The van der Waals surface area contributed by atoms with E-state index in [1.165, 1.54) is 0 Å². The second-order valence-corrected chi connectivity index (χ2v) is 4.64. The lowest BCUT2D eigenvalue weighted by Gasteiger charge is -2.20. The van der Waals surface area contributed by atoms with Crippen LogP contribution in [0.15, 0.2) is 0 Å². The van der Waals surface area contributed by atoms with Crippen LogP contribution in [-0.2, 0) is 4.79 Å². The summed E-state index contributed by atoms with van der Waals surface area (Å²) in [5, 5.41) is 0. The Hall–Kier alpha value is -0.330. The number of hydrogen-bond acceptors (Lipinski definition) is 1. The molecule has 0 N–H and O–H groups in total. The van der Waals surface area contributed by atoms with E-state index in [-0.39, 0.29) is 10.8 Å². The van der Waals surface area contributed by atoms with Gasteiger partial charge in [0.2, 0.25) is 0 Å². The van der Waals surface area contributed by atoms with Crippen LogP contribution in [-0.4, -0.2) is 5.78 Å². The molecule has 1 nitrogen and oxygen atoms in total. The van der Waals surface area contributed by atoms with Crippen LogP contribution in [0.4, 0.5) is 0 Å². The third-order valence-corrected chi connectivity index (χ3v) is 2.23. The largest absolute Gasteiger partial charge is 0.299 e. The average Bonchev–Trinajstić information content (AvgIpc) is 2.45. The number of hydrogen-bond donors (Lipinski definition) is 0. The summed E-state index contributed by atoms with van der Waals surface area (Å²) < 4.78 is 0. The second kappa shape index (κ2) is 1.84. The summed E-state index contributed by atoms with van der Waals surface area (Å²) >= 11 is 0. The van der Waals surface area contributed by atoms with E-state index in [2.05, 4.69) is 6.92 Å². The maximum atomic E-state index is 11.5. The molecule has 0 aromatic rings. The van der Waals surface area contributed by atoms with E-state index in [0.717, 1.165) is 12.8 Å². The number of carbonyl (C=O) groups excluding carboxylic acids is 1. The molecular weight excluding hydrogens is 124 g/mol. The quantitative estimate of drug-likeness (QED) is 0.546. The highest BCUT2D eigenvalue weighted by Gasteiger charge is 2.48. The fourth-order valence-electron chi connectivity index (χ4n) is 1.32. The first-order valence-electron chi connectivity index (χ1n) is 3.91. The zero-order valence-corrected chi connectivity index (χ0v) is 7.32. The van der Waals surface area contributed by atoms with E-state index in [4.69, 9.17) is 0 Å². The Labute approximate surface area is 62.8 Å². The van der Waals surface area contributed by atoms with Crippen LogP contribution >= 0.6 is 0 Å². The maximum Gasteiger partial charge on any atom is 0.144 e. The molecule has 0 atom stereocenters. The summed E-state index contributed by atoms with van der Waals surface area (Å²) in [7, 11) is 0. The van der Waals surface area contributed by atoms with Crippen LogP contribution in [0.1, 0.15) is 40.5 Å². The first-order valence-corrected chi connectivity index (χ1v) is 3.91. The van der Waals surface area contributed by atoms with Gasteiger partial charge in [-0.1, -0.05) is 27.7 Å². The van der Waals surface area contributed by atoms with Gasteiger partial charge in [-0.15, -0.1) is 0 Å². The molecule has 10 heavy (non-hydrogen) atoms. The van der Waals surface area contributed by atoms with Gasteiger partial charge >= 0.3 is 0 Å². The van der Waals surface area contributed by atoms with Crippen LogP contribution in [0.5, 0.6) is 0 Å². The molecular formula is C9H16O.